The highest BCUT2D eigenvalue weighted by Gasteiger charge is 2.43. The number of carbonyl (C=O) groups is 1. The van der Waals surface area contributed by atoms with E-state index in [1.165, 1.54) is 0 Å². The van der Waals surface area contributed by atoms with Crippen molar-refractivity contribution in [1.82, 2.24) is 4.57 Å². The van der Waals surface area contributed by atoms with E-state index in [2.05, 4.69) is 0 Å². The molecule has 0 saturated heterocycles. The largest absolute Gasteiger partial charge is 0.450 e. The molecule has 0 N–H and O–H groups in total. The molecule has 0 fully saturated rings. The van der Waals surface area contributed by atoms with Gasteiger partial charge in [-0.05, 0) is 42.7 Å². The van der Waals surface area contributed by atoms with E-state index < -0.39 is 11.6 Å². The summed E-state index contributed by atoms with van der Waals surface area (Å²) in [5, 5.41) is 0.680. The van der Waals surface area contributed by atoms with Crippen LogP contribution < -0.4 is 5.56 Å². The van der Waals surface area contributed by atoms with Crippen molar-refractivity contribution in [3.8, 4) is 0 Å². The fraction of sp³-hybridized carbons (Fsp3) is 0.217. The van der Waals surface area contributed by atoms with Crippen LogP contribution in [0.25, 0.3) is 0 Å². The first kappa shape index (κ1) is 18.5. The summed E-state index contributed by atoms with van der Waals surface area (Å²) in [5.74, 6) is -0.542. The first-order chi connectivity index (χ1) is 13.5. The standard InChI is InChI=1S/C23H20ClNO3/c1-23(15-17-5-3-2-4-6-17)19-12-14-25(21(26)20(19)22(27)28-23)13-11-16-7-9-18(24)10-8-16/h2-10,12,14H,11,13,15H2,1H3/t23-/m0/s1. The Kier molecular flexibility index (Phi) is 4.82. The van der Waals surface area contributed by atoms with Crippen LogP contribution in [-0.2, 0) is 29.7 Å². The zero-order valence-corrected chi connectivity index (χ0v) is 16.3. The lowest BCUT2D eigenvalue weighted by atomic mass is 9.89. The van der Waals surface area contributed by atoms with Crippen molar-refractivity contribution >= 4 is 17.6 Å². The third-order valence-corrected chi connectivity index (χ3v) is 5.45. The van der Waals surface area contributed by atoms with Gasteiger partial charge in [-0.3, -0.25) is 4.79 Å². The van der Waals surface area contributed by atoms with E-state index in [9.17, 15) is 9.59 Å². The summed E-state index contributed by atoms with van der Waals surface area (Å²) < 4.78 is 7.24. The minimum atomic E-state index is -0.831. The molecule has 1 aromatic heterocycles. The number of aromatic nitrogens is 1. The van der Waals surface area contributed by atoms with E-state index in [1.54, 1.807) is 10.8 Å². The van der Waals surface area contributed by atoms with E-state index in [0.717, 1.165) is 11.1 Å². The topological polar surface area (TPSA) is 48.3 Å². The van der Waals surface area contributed by atoms with Crippen molar-refractivity contribution in [2.24, 2.45) is 0 Å². The van der Waals surface area contributed by atoms with Gasteiger partial charge in [0.05, 0.1) is 0 Å². The van der Waals surface area contributed by atoms with Crippen LogP contribution in [0.2, 0.25) is 5.02 Å². The van der Waals surface area contributed by atoms with Crippen molar-refractivity contribution in [2.45, 2.75) is 31.9 Å². The molecule has 142 valence electrons. The molecule has 0 saturated carbocycles. The molecule has 0 aliphatic carbocycles. The minimum Gasteiger partial charge on any atom is -0.450 e. The maximum atomic E-state index is 12.9. The van der Waals surface area contributed by atoms with Crippen LogP contribution in [0.1, 0.15) is 34.0 Å². The number of fused-ring (bicyclic) bond motifs is 1. The monoisotopic (exact) mass is 393 g/mol. The molecule has 0 bridgehead atoms. The molecule has 0 unspecified atom stereocenters. The first-order valence-corrected chi connectivity index (χ1v) is 9.60. The van der Waals surface area contributed by atoms with Crippen LogP contribution in [0.5, 0.6) is 0 Å². The second-order valence-electron chi connectivity index (χ2n) is 7.26. The number of benzene rings is 2. The van der Waals surface area contributed by atoms with Gasteiger partial charge in [0.1, 0.15) is 11.2 Å². The lowest BCUT2D eigenvalue weighted by Crippen LogP contribution is -2.27. The molecule has 0 amide bonds. The van der Waals surface area contributed by atoms with Crippen LogP contribution in [0, 0.1) is 0 Å². The summed E-state index contributed by atoms with van der Waals surface area (Å²) in [6, 6.07) is 19.2. The number of rotatable bonds is 5. The Morgan fingerprint density at radius 1 is 0.964 bits per heavy atom. The third-order valence-electron chi connectivity index (χ3n) is 5.20. The molecule has 1 aliphatic heterocycles. The number of cyclic esters (lactones) is 1. The van der Waals surface area contributed by atoms with Gasteiger partial charge >= 0.3 is 5.97 Å². The second-order valence-corrected chi connectivity index (χ2v) is 7.70. The zero-order valence-electron chi connectivity index (χ0n) is 15.5. The molecule has 4 rings (SSSR count). The van der Waals surface area contributed by atoms with Crippen molar-refractivity contribution in [3.05, 3.63) is 104 Å². The Labute approximate surface area is 168 Å². The maximum absolute atomic E-state index is 12.9. The number of nitrogens with zero attached hydrogens (tertiary/aromatic N) is 1. The van der Waals surface area contributed by atoms with Gasteiger partial charge in [0.25, 0.3) is 5.56 Å². The number of aryl methyl sites for hydroxylation is 2. The summed E-state index contributed by atoms with van der Waals surface area (Å²) in [4.78, 5) is 25.4. The average molecular weight is 394 g/mol. The average Bonchev–Trinajstić information content (AvgIpc) is 2.94. The molecule has 0 radical (unpaired) electrons. The van der Waals surface area contributed by atoms with Crippen molar-refractivity contribution in [3.63, 3.8) is 0 Å². The Bertz CT molecular complexity index is 1070. The van der Waals surface area contributed by atoms with Gasteiger partial charge in [0.2, 0.25) is 0 Å². The van der Waals surface area contributed by atoms with Gasteiger partial charge < -0.3 is 9.30 Å². The van der Waals surface area contributed by atoms with E-state index in [0.29, 0.717) is 30.0 Å². The molecule has 2 aromatic carbocycles. The SMILES string of the molecule is C[C@@]1(Cc2ccccc2)OC(=O)c2c1ccn(CCc1ccc(Cl)cc1)c2=O. The van der Waals surface area contributed by atoms with Crippen molar-refractivity contribution in [2.75, 3.05) is 0 Å². The van der Waals surface area contributed by atoms with E-state index in [4.69, 9.17) is 16.3 Å². The number of carbonyl (C=O) groups excluding carboxylic acids is 1. The van der Waals surface area contributed by atoms with Gasteiger partial charge in [-0.1, -0.05) is 54.1 Å². The van der Waals surface area contributed by atoms with Gasteiger partial charge in [0, 0.05) is 29.7 Å². The zero-order chi connectivity index (χ0) is 19.7. The Balaban J connectivity index is 1.61. The maximum Gasteiger partial charge on any atom is 0.345 e. The second kappa shape index (κ2) is 7.28. The fourth-order valence-corrected chi connectivity index (χ4v) is 3.84. The van der Waals surface area contributed by atoms with E-state index in [-0.39, 0.29) is 11.1 Å². The molecule has 3 aromatic rings. The summed E-state index contributed by atoms with van der Waals surface area (Å²) in [6.07, 6.45) is 2.95. The molecule has 0 spiro atoms. The highest BCUT2D eigenvalue weighted by atomic mass is 35.5. The number of halogens is 1. The van der Waals surface area contributed by atoms with Crippen LogP contribution in [-0.4, -0.2) is 10.5 Å². The summed E-state index contributed by atoms with van der Waals surface area (Å²) in [5.41, 5.74) is 1.81. The summed E-state index contributed by atoms with van der Waals surface area (Å²) in [7, 11) is 0. The molecule has 5 heteroatoms. The fourth-order valence-electron chi connectivity index (χ4n) is 3.72. The van der Waals surface area contributed by atoms with Crippen LogP contribution >= 0.6 is 11.6 Å². The predicted octanol–water partition coefficient (Wildman–Crippen LogP) is 4.37. The van der Waals surface area contributed by atoms with Crippen LogP contribution in [0.4, 0.5) is 0 Å². The molecular weight excluding hydrogens is 374 g/mol. The van der Waals surface area contributed by atoms with Crippen LogP contribution in [0.15, 0.2) is 71.7 Å². The lowest BCUT2D eigenvalue weighted by Gasteiger charge is -2.24. The smallest absolute Gasteiger partial charge is 0.345 e. The molecule has 28 heavy (non-hydrogen) atoms. The van der Waals surface area contributed by atoms with Gasteiger partial charge in [-0.25, -0.2) is 4.79 Å². The van der Waals surface area contributed by atoms with Crippen molar-refractivity contribution in [1.29, 1.82) is 0 Å². The number of pyridine rings is 1. The van der Waals surface area contributed by atoms with E-state index in [1.807, 2.05) is 67.6 Å². The van der Waals surface area contributed by atoms with Crippen molar-refractivity contribution < 1.29 is 9.53 Å². The normalized spacial score (nSPS) is 18.0. The van der Waals surface area contributed by atoms with E-state index >= 15 is 0 Å². The Morgan fingerprint density at radius 3 is 2.39 bits per heavy atom. The van der Waals surface area contributed by atoms with Gasteiger partial charge in [-0.15, -0.1) is 0 Å². The predicted molar refractivity (Wildman–Crippen MR) is 109 cm³/mol. The minimum absolute atomic E-state index is 0.150. The number of ether oxygens (including phenoxy) is 1. The third kappa shape index (κ3) is 3.48. The highest BCUT2D eigenvalue weighted by Crippen LogP contribution is 2.37. The molecule has 1 aliphatic rings. The summed E-state index contributed by atoms with van der Waals surface area (Å²) in [6.45, 7) is 2.34. The first-order valence-electron chi connectivity index (χ1n) is 9.22. The Morgan fingerprint density at radius 2 is 1.68 bits per heavy atom. The lowest BCUT2D eigenvalue weighted by molar-refractivity contribution is 0.00115. The number of esters is 1. The quantitative estimate of drug-likeness (QED) is 0.604. The molecular formula is C23H20ClNO3. The molecule has 2 heterocycles. The van der Waals surface area contributed by atoms with Crippen LogP contribution in [0.3, 0.4) is 0 Å². The molecule has 4 nitrogen and oxygen atoms in total. The number of hydrogen-bond donors (Lipinski definition) is 0. The van der Waals surface area contributed by atoms with Gasteiger partial charge in [0.15, 0.2) is 0 Å². The number of hydrogen-bond acceptors (Lipinski definition) is 3. The highest BCUT2D eigenvalue weighted by molar-refractivity contribution is 6.30. The molecule has 1 atom stereocenters. The Hall–Kier alpha value is -2.85. The summed E-state index contributed by atoms with van der Waals surface area (Å²) >= 11 is 5.91. The van der Waals surface area contributed by atoms with Gasteiger partial charge in [-0.2, -0.15) is 0 Å².